The number of carbonyl (C=O) groups excluding carboxylic acids is 1. The Balaban J connectivity index is 2.00. The first-order chi connectivity index (χ1) is 7.61. The van der Waals surface area contributed by atoms with Crippen molar-refractivity contribution in [3.8, 4) is 0 Å². The smallest absolute Gasteiger partial charge is 0.245 e. The van der Waals surface area contributed by atoms with Crippen LogP contribution in [0.4, 0.5) is 4.39 Å². The number of benzene rings is 1. The number of carbonyl (C=O) groups is 1. The second-order valence-corrected chi connectivity index (χ2v) is 4.70. The lowest BCUT2D eigenvalue weighted by atomic mass is 10.1. The molecule has 2 rings (SSSR count). The number of halogens is 2. The van der Waals surface area contributed by atoms with Crippen LogP contribution in [0.5, 0.6) is 0 Å². The molecule has 1 amide bonds. The number of hydrogen-bond donors (Lipinski definition) is 2. The van der Waals surface area contributed by atoms with E-state index in [1.807, 2.05) is 6.07 Å². The molecule has 1 aliphatic rings. The normalized spacial score (nSPS) is 22.9. The van der Waals surface area contributed by atoms with Crippen molar-refractivity contribution in [2.75, 3.05) is 6.61 Å². The van der Waals surface area contributed by atoms with Gasteiger partial charge in [0.2, 0.25) is 5.91 Å². The van der Waals surface area contributed by atoms with Crippen molar-refractivity contribution in [1.82, 2.24) is 5.32 Å². The van der Waals surface area contributed by atoms with E-state index in [0.29, 0.717) is 4.47 Å². The Kier molecular flexibility index (Phi) is 3.25. The van der Waals surface area contributed by atoms with Crippen molar-refractivity contribution in [3.05, 3.63) is 34.1 Å². The summed E-state index contributed by atoms with van der Waals surface area (Å²) in [6.45, 7) is -0.502. The molecule has 0 aliphatic heterocycles. The van der Waals surface area contributed by atoms with E-state index in [0.717, 1.165) is 12.0 Å². The SMILES string of the molecule is O=C(CO)N[C@@H]1C[C@H]1c1ccc(Br)c(F)c1. The number of hydrogen-bond acceptors (Lipinski definition) is 2. The Bertz CT molecular complexity index is 424. The molecule has 1 aliphatic carbocycles. The van der Waals surface area contributed by atoms with Gasteiger partial charge in [-0.2, -0.15) is 0 Å². The summed E-state index contributed by atoms with van der Waals surface area (Å²) in [7, 11) is 0. The number of aliphatic hydroxyl groups is 1. The Hall–Kier alpha value is -0.940. The lowest BCUT2D eigenvalue weighted by Gasteiger charge is -2.03. The molecule has 2 N–H and O–H groups in total. The Labute approximate surface area is 101 Å². The van der Waals surface area contributed by atoms with Crippen molar-refractivity contribution in [2.24, 2.45) is 0 Å². The van der Waals surface area contributed by atoms with E-state index >= 15 is 0 Å². The molecular weight excluding hydrogens is 277 g/mol. The van der Waals surface area contributed by atoms with Gasteiger partial charge in [0.05, 0.1) is 4.47 Å². The van der Waals surface area contributed by atoms with E-state index in [1.165, 1.54) is 6.07 Å². The van der Waals surface area contributed by atoms with Crippen molar-refractivity contribution >= 4 is 21.8 Å². The summed E-state index contributed by atoms with van der Waals surface area (Å²) >= 11 is 3.09. The lowest BCUT2D eigenvalue weighted by molar-refractivity contribution is -0.123. The van der Waals surface area contributed by atoms with Crippen LogP contribution < -0.4 is 5.32 Å². The van der Waals surface area contributed by atoms with E-state index in [4.69, 9.17) is 5.11 Å². The average Bonchev–Trinajstić information content (AvgIpc) is 3.01. The molecule has 16 heavy (non-hydrogen) atoms. The minimum absolute atomic E-state index is 0.0280. The van der Waals surface area contributed by atoms with Crippen LogP contribution >= 0.6 is 15.9 Å². The largest absolute Gasteiger partial charge is 0.387 e. The average molecular weight is 288 g/mol. The number of nitrogens with one attached hydrogen (secondary N) is 1. The van der Waals surface area contributed by atoms with Crippen LogP contribution in [0.1, 0.15) is 17.9 Å². The Morgan fingerprint density at radius 3 is 3.00 bits per heavy atom. The topological polar surface area (TPSA) is 49.3 Å². The van der Waals surface area contributed by atoms with E-state index < -0.39 is 6.61 Å². The number of aliphatic hydroxyl groups excluding tert-OH is 1. The van der Waals surface area contributed by atoms with Crippen molar-refractivity contribution in [2.45, 2.75) is 18.4 Å². The number of amides is 1. The molecule has 86 valence electrons. The van der Waals surface area contributed by atoms with E-state index in [2.05, 4.69) is 21.2 Å². The second-order valence-electron chi connectivity index (χ2n) is 3.85. The van der Waals surface area contributed by atoms with Gasteiger partial charge in [0, 0.05) is 12.0 Å². The second kappa shape index (κ2) is 4.51. The van der Waals surface area contributed by atoms with Gasteiger partial charge in [-0.15, -0.1) is 0 Å². The van der Waals surface area contributed by atoms with E-state index in [1.54, 1.807) is 6.07 Å². The maximum absolute atomic E-state index is 13.2. The van der Waals surface area contributed by atoms with Gasteiger partial charge in [-0.05, 0) is 40.0 Å². The molecule has 1 aromatic carbocycles. The molecule has 0 radical (unpaired) electrons. The maximum Gasteiger partial charge on any atom is 0.245 e. The lowest BCUT2D eigenvalue weighted by Crippen LogP contribution is -2.29. The third-order valence-corrected chi connectivity index (χ3v) is 3.30. The first-order valence-electron chi connectivity index (χ1n) is 4.97. The zero-order valence-electron chi connectivity index (χ0n) is 8.41. The maximum atomic E-state index is 13.2. The quantitative estimate of drug-likeness (QED) is 0.886. The third-order valence-electron chi connectivity index (χ3n) is 2.65. The highest BCUT2D eigenvalue weighted by molar-refractivity contribution is 9.10. The fraction of sp³-hybridized carbons (Fsp3) is 0.364. The van der Waals surface area contributed by atoms with Gasteiger partial charge in [0.25, 0.3) is 0 Å². The molecule has 1 saturated carbocycles. The predicted molar refractivity (Wildman–Crippen MR) is 60.5 cm³/mol. The zero-order chi connectivity index (χ0) is 11.7. The highest BCUT2D eigenvalue weighted by Crippen LogP contribution is 2.41. The summed E-state index contributed by atoms with van der Waals surface area (Å²) in [5, 5.41) is 11.2. The van der Waals surface area contributed by atoms with E-state index in [9.17, 15) is 9.18 Å². The van der Waals surface area contributed by atoms with Gasteiger partial charge in [-0.25, -0.2) is 4.39 Å². The van der Waals surface area contributed by atoms with Gasteiger partial charge in [0.1, 0.15) is 12.4 Å². The monoisotopic (exact) mass is 287 g/mol. The summed E-state index contributed by atoms with van der Waals surface area (Å²) < 4.78 is 13.7. The third kappa shape index (κ3) is 2.41. The summed E-state index contributed by atoms with van der Waals surface area (Å²) in [6, 6.07) is 5.00. The Morgan fingerprint density at radius 2 is 2.38 bits per heavy atom. The van der Waals surface area contributed by atoms with Crippen molar-refractivity contribution < 1.29 is 14.3 Å². The molecule has 0 heterocycles. The fourth-order valence-electron chi connectivity index (χ4n) is 1.72. The van der Waals surface area contributed by atoms with Gasteiger partial charge < -0.3 is 10.4 Å². The molecule has 0 spiro atoms. The molecular formula is C11H11BrFNO2. The van der Waals surface area contributed by atoms with Crippen LogP contribution in [-0.4, -0.2) is 23.7 Å². The molecule has 0 saturated heterocycles. The van der Waals surface area contributed by atoms with Crippen LogP contribution in [-0.2, 0) is 4.79 Å². The van der Waals surface area contributed by atoms with Crippen molar-refractivity contribution in [1.29, 1.82) is 0 Å². The summed E-state index contributed by atoms with van der Waals surface area (Å²) in [5.74, 6) is -0.514. The van der Waals surface area contributed by atoms with Gasteiger partial charge in [-0.1, -0.05) is 6.07 Å². The molecule has 3 nitrogen and oxygen atoms in total. The molecule has 0 bridgehead atoms. The zero-order valence-corrected chi connectivity index (χ0v) is 10.00. The first-order valence-corrected chi connectivity index (χ1v) is 5.76. The summed E-state index contributed by atoms with van der Waals surface area (Å²) in [6.07, 6.45) is 0.798. The van der Waals surface area contributed by atoms with Crippen LogP contribution in [0.3, 0.4) is 0 Å². The minimum atomic E-state index is -0.502. The molecule has 0 aromatic heterocycles. The first kappa shape index (κ1) is 11.5. The van der Waals surface area contributed by atoms with Gasteiger partial charge in [0.15, 0.2) is 0 Å². The highest BCUT2D eigenvalue weighted by atomic mass is 79.9. The number of rotatable bonds is 3. The molecule has 1 aromatic rings. The molecule has 1 fully saturated rings. The summed E-state index contributed by atoms with van der Waals surface area (Å²) in [5.41, 5.74) is 0.879. The highest BCUT2D eigenvalue weighted by Gasteiger charge is 2.39. The van der Waals surface area contributed by atoms with Crippen LogP contribution in [0, 0.1) is 5.82 Å². The van der Waals surface area contributed by atoms with Crippen molar-refractivity contribution in [3.63, 3.8) is 0 Å². The predicted octanol–water partition coefficient (Wildman–Crippen LogP) is 1.55. The van der Waals surface area contributed by atoms with Gasteiger partial charge >= 0.3 is 0 Å². The van der Waals surface area contributed by atoms with Gasteiger partial charge in [-0.3, -0.25) is 4.79 Å². The molecule has 5 heteroatoms. The molecule has 0 unspecified atom stereocenters. The fourth-order valence-corrected chi connectivity index (χ4v) is 1.96. The van der Waals surface area contributed by atoms with Crippen LogP contribution in [0.25, 0.3) is 0 Å². The minimum Gasteiger partial charge on any atom is -0.387 e. The Morgan fingerprint density at radius 1 is 1.62 bits per heavy atom. The van der Waals surface area contributed by atoms with Crippen LogP contribution in [0.2, 0.25) is 0 Å². The standard InChI is InChI=1S/C11H11BrFNO2/c12-8-2-1-6(3-9(8)13)7-4-10(7)14-11(16)5-15/h1-3,7,10,15H,4-5H2,(H,14,16)/t7-,10+/m0/s1. The summed E-state index contributed by atoms with van der Waals surface area (Å²) in [4.78, 5) is 10.9. The molecule has 2 atom stereocenters. The van der Waals surface area contributed by atoms with Crippen LogP contribution in [0.15, 0.2) is 22.7 Å². The van der Waals surface area contributed by atoms with E-state index in [-0.39, 0.29) is 23.7 Å².